The number of benzene rings is 1. The van der Waals surface area contributed by atoms with E-state index in [1.807, 2.05) is 19.2 Å². The molecule has 0 saturated carbocycles. The summed E-state index contributed by atoms with van der Waals surface area (Å²) in [5.41, 5.74) is 7.98. The molecular weight excluding hydrogens is 258 g/mol. The van der Waals surface area contributed by atoms with Crippen LogP contribution in [0.3, 0.4) is 0 Å². The third-order valence-corrected chi connectivity index (χ3v) is 4.15. The number of anilines is 1. The monoisotopic (exact) mass is 269 g/mol. The summed E-state index contributed by atoms with van der Waals surface area (Å²) in [4.78, 5) is 5.06. The number of imidazole rings is 1. The molecule has 94 valence electrons. The van der Waals surface area contributed by atoms with Crippen molar-refractivity contribution in [1.82, 2.24) is 19.2 Å². The van der Waals surface area contributed by atoms with Crippen molar-refractivity contribution in [2.75, 3.05) is 5.73 Å². The second-order valence-corrected chi connectivity index (χ2v) is 5.43. The molecule has 0 atom stereocenters. The molecule has 1 aromatic carbocycles. The molecule has 6 heteroatoms. The van der Waals surface area contributed by atoms with Crippen molar-refractivity contribution in [2.45, 2.75) is 0 Å². The van der Waals surface area contributed by atoms with E-state index in [2.05, 4.69) is 33.0 Å². The van der Waals surface area contributed by atoms with Crippen LogP contribution in [0.2, 0.25) is 0 Å². The van der Waals surface area contributed by atoms with Crippen LogP contribution in [0.5, 0.6) is 0 Å². The fraction of sp³-hybridized carbons (Fsp3) is 0.0769. The van der Waals surface area contributed by atoms with E-state index >= 15 is 0 Å². The molecule has 0 aliphatic heterocycles. The van der Waals surface area contributed by atoms with Crippen molar-refractivity contribution in [3.05, 3.63) is 36.7 Å². The van der Waals surface area contributed by atoms with Gasteiger partial charge in [-0.25, -0.2) is 9.50 Å². The van der Waals surface area contributed by atoms with Gasteiger partial charge in [0.25, 0.3) is 0 Å². The van der Waals surface area contributed by atoms with Gasteiger partial charge < -0.3 is 10.3 Å². The van der Waals surface area contributed by atoms with E-state index in [9.17, 15) is 0 Å². The molecule has 0 amide bonds. The number of aryl methyl sites for hydroxylation is 1. The van der Waals surface area contributed by atoms with Gasteiger partial charge in [0, 0.05) is 29.7 Å². The molecule has 3 aromatic heterocycles. The lowest BCUT2D eigenvalue weighted by Gasteiger charge is -1.93. The van der Waals surface area contributed by atoms with Gasteiger partial charge in [-0.15, -0.1) is 0 Å². The maximum absolute atomic E-state index is 5.65. The highest BCUT2D eigenvalue weighted by Gasteiger charge is 2.13. The van der Waals surface area contributed by atoms with Gasteiger partial charge in [0.1, 0.15) is 10.8 Å². The average Bonchev–Trinajstić information content (AvgIpc) is 3.01. The Balaban J connectivity index is 2.00. The third kappa shape index (κ3) is 1.47. The Hall–Kier alpha value is -2.34. The normalized spacial score (nSPS) is 11.6. The van der Waals surface area contributed by atoms with Crippen molar-refractivity contribution in [2.24, 2.45) is 7.05 Å². The lowest BCUT2D eigenvalue weighted by atomic mass is 10.2. The average molecular weight is 269 g/mol. The van der Waals surface area contributed by atoms with Crippen LogP contribution in [0.15, 0.2) is 36.7 Å². The minimum Gasteiger partial charge on any atom is -0.382 e. The highest BCUT2D eigenvalue weighted by atomic mass is 32.1. The van der Waals surface area contributed by atoms with E-state index in [0.29, 0.717) is 5.82 Å². The van der Waals surface area contributed by atoms with Crippen molar-refractivity contribution in [3.63, 3.8) is 0 Å². The van der Waals surface area contributed by atoms with Gasteiger partial charge in [-0.2, -0.15) is 5.10 Å². The Morgan fingerprint density at radius 2 is 2.05 bits per heavy atom. The molecule has 3 heterocycles. The summed E-state index contributed by atoms with van der Waals surface area (Å²) in [7, 11) is 2.04. The number of nitrogen functional groups attached to an aromatic ring is 1. The zero-order chi connectivity index (χ0) is 13.0. The van der Waals surface area contributed by atoms with Crippen molar-refractivity contribution in [3.8, 4) is 10.6 Å². The Kier molecular flexibility index (Phi) is 1.99. The predicted molar refractivity (Wildman–Crippen MR) is 77.2 cm³/mol. The first-order valence-corrected chi connectivity index (χ1v) is 6.70. The molecule has 0 spiro atoms. The number of para-hydroxylation sites is 1. The molecule has 0 aliphatic carbocycles. The zero-order valence-corrected chi connectivity index (χ0v) is 11.1. The second kappa shape index (κ2) is 3.58. The smallest absolute Gasteiger partial charge is 0.214 e. The number of rotatable bonds is 1. The fourth-order valence-electron chi connectivity index (χ4n) is 2.34. The van der Waals surface area contributed by atoms with Crippen molar-refractivity contribution < 1.29 is 0 Å². The van der Waals surface area contributed by atoms with Crippen LogP contribution >= 0.6 is 11.3 Å². The molecule has 0 aliphatic rings. The second-order valence-electron chi connectivity index (χ2n) is 4.47. The Labute approximate surface area is 112 Å². The van der Waals surface area contributed by atoms with Crippen LogP contribution in [0, 0.1) is 0 Å². The van der Waals surface area contributed by atoms with E-state index in [4.69, 9.17) is 5.73 Å². The van der Waals surface area contributed by atoms with Crippen LogP contribution in [-0.2, 0) is 7.05 Å². The van der Waals surface area contributed by atoms with Crippen LogP contribution in [-0.4, -0.2) is 19.2 Å². The molecule has 2 N–H and O–H groups in total. The summed E-state index contributed by atoms with van der Waals surface area (Å²) in [5.74, 6) is 0.503. The number of hydrogen-bond acceptors (Lipinski definition) is 4. The minimum atomic E-state index is 0.503. The van der Waals surface area contributed by atoms with Crippen molar-refractivity contribution in [1.29, 1.82) is 0 Å². The number of nitrogens with zero attached hydrogens (tertiary/aromatic N) is 4. The summed E-state index contributed by atoms with van der Waals surface area (Å²) in [6.07, 6.45) is 3.84. The van der Waals surface area contributed by atoms with Gasteiger partial charge in [0.2, 0.25) is 4.96 Å². The summed E-state index contributed by atoms with van der Waals surface area (Å²) >= 11 is 1.55. The molecule has 4 aromatic rings. The highest BCUT2D eigenvalue weighted by molar-refractivity contribution is 7.20. The minimum absolute atomic E-state index is 0.503. The van der Waals surface area contributed by atoms with Gasteiger partial charge in [-0.1, -0.05) is 29.5 Å². The van der Waals surface area contributed by atoms with E-state index < -0.39 is 0 Å². The van der Waals surface area contributed by atoms with E-state index in [-0.39, 0.29) is 0 Å². The predicted octanol–water partition coefficient (Wildman–Crippen LogP) is 2.53. The quantitative estimate of drug-likeness (QED) is 0.577. The molecule has 5 nitrogen and oxygen atoms in total. The first-order chi connectivity index (χ1) is 9.22. The van der Waals surface area contributed by atoms with E-state index in [1.54, 1.807) is 22.0 Å². The molecule has 0 saturated heterocycles. The lowest BCUT2D eigenvalue weighted by Crippen LogP contribution is -1.84. The first kappa shape index (κ1) is 10.6. The Bertz CT molecular complexity index is 867. The van der Waals surface area contributed by atoms with Crippen LogP contribution in [0.4, 0.5) is 5.82 Å². The summed E-state index contributed by atoms with van der Waals surface area (Å²) < 4.78 is 3.85. The number of aromatic nitrogens is 4. The van der Waals surface area contributed by atoms with E-state index in [1.165, 1.54) is 10.9 Å². The van der Waals surface area contributed by atoms with Gasteiger partial charge in [-0.3, -0.25) is 0 Å². The van der Waals surface area contributed by atoms with Gasteiger partial charge in [0.05, 0.1) is 6.20 Å². The molecule has 4 rings (SSSR count). The van der Waals surface area contributed by atoms with Gasteiger partial charge in [0.15, 0.2) is 0 Å². The molecule has 19 heavy (non-hydrogen) atoms. The SMILES string of the molecule is Cn1cc(-c2nn3cc(N)nc3s2)c2ccccc21. The van der Waals surface area contributed by atoms with Crippen molar-refractivity contribution >= 4 is 33.0 Å². The molecule has 0 fully saturated rings. The molecule has 0 radical (unpaired) electrons. The van der Waals surface area contributed by atoms with Crippen LogP contribution in [0.1, 0.15) is 0 Å². The zero-order valence-electron chi connectivity index (χ0n) is 10.2. The largest absolute Gasteiger partial charge is 0.382 e. The molecule has 0 unspecified atom stereocenters. The lowest BCUT2D eigenvalue weighted by molar-refractivity contribution is 0.961. The summed E-state index contributed by atoms with van der Waals surface area (Å²) in [6, 6.07) is 8.31. The number of hydrogen-bond donors (Lipinski definition) is 1. The number of nitrogens with two attached hydrogens (primary N) is 1. The first-order valence-electron chi connectivity index (χ1n) is 5.88. The van der Waals surface area contributed by atoms with Crippen LogP contribution < -0.4 is 5.73 Å². The topological polar surface area (TPSA) is 61.1 Å². The Morgan fingerprint density at radius 3 is 2.89 bits per heavy atom. The highest BCUT2D eigenvalue weighted by Crippen LogP contribution is 2.33. The standard InChI is InChI=1S/C13H11N5S/c1-17-6-9(8-4-2-3-5-10(8)17)12-16-18-7-11(14)15-13(18)19-12/h2-7H,14H2,1H3. The third-order valence-electron chi connectivity index (χ3n) is 3.19. The maximum atomic E-state index is 5.65. The number of fused-ring (bicyclic) bond motifs is 2. The summed E-state index contributed by atoms with van der Waals surface area (Å²) in [5, 5.41) is 6.71. The van der Waals surface area contributed by atoms with Gasteiger partial charge >= 0.3 is 0 Å². The van der Waals surface area contributed by atoms with Gasteiger partial charge in [-0.05, 0) is 6.07 Å². The fourth-order valence-corrected chi connectivity index (χ4v) is 3.25. The van der Waals surface area contributed by atoms with Crippen LogP contribution in [0.25, 0.3) is 26.4 Å². The molecule has 0 bridgehead atoms. The Morgan fingerprint density at radius 1 is 1.21 bits per heavy atom. The maximum Gasteiger partial charge on any atom is 0.214 e. The van der Waals surface area contributed by atoms with E-state index in [0.717, 1.165) is 15.5 Å². The summed E-state index contributed by atoms with van der Waals surface area (Å²) in [6.45, 7) is 0. The molecular formula is C13H11N5S.